The van der Waals surface area contributed by atoms with Gasteiger partial charge in [-0.3, -0.25) is 0 Å². The predicted molar refractivity (Wildman–Crippen MR) is 75.4 cm³/mol. The maximum atomic E-state index is 8.60. The van der Waals surface area contributed by atoms with Gasteiger partial charge in [-0.15, -0.1) is 0 Å². The van der Waals surface area contributed by atoms with Crippen molar-refractivity contribution in [3.8, 4) is 0 Å². The van der Waals surface area contributed by atoms with Gasteiger partial charge in [-0.25, -0.2) is 0 Å². The lowest BCUT2D eigenvalue weighted by atomic mass is 10.1. The maximum Gasteiger partial charge on any atom is 0.143 e. The topological polar surface area (TPSA) is 61.8 Å². The molecule has 3 N–H and O–H groups in total. The summed E-state index contributed by atoms with van der Waals surface area (Å²) in [7, 11) is 1.93. The molecule has 18 heavy (non-hydrogen) atoms. The first-order valence-corrected chi connectivity index (χ1v) is 6.30. The van der Waals surface area contributed by atoms with Gasteiger partial charge in [0.1, 0.15) is 5.84 Å². The zero-order valence-corrected chi connectivity index (χ0v) is 11.9. The van der Waals surface area contributed by atoms with Crippen molar-refractivity contribution in [1.82, 2.24) is 4.90 Å². The zero-order valence-electron chi connectivity index (χ0n) is 10.4. The van der Waals surface area contributed by atoms with E-state index < -0.39 is 0 Å². The quantitative estimate of drug-likeness (QED) is 0.379. The molecule has 0 aliphatic carbocycles. The molecule has 0 saturated carbocycles. The highest BCUT2D eigenvalue weighted by Crippen LogP contribution is 2.25. The molecule has 0 aliphatic rings. The first kappa shape index (κ1) is 15.1. The largest absolute Gasteiger partial charge is 0.409 e. The number of rotatable bonds is 5. The fourth-order valence-electron chi connectivity index (χ4n) is 1.68. The van der Waals surface area contributed by atoms with Crippen molar-refractivity contribution < 1.29 is 5.21 Å². The number of benzene rings is 1. The van der Waals surface area contributed by atoms with Crippen molar-refractivity contribution in [1.29, 1.82) is 0 Å². The van der Waals surface area contributed by atoms with Crippen LogP contribution in [0.1, 0.15) is 12.5 Å². The number of halogens is 2. The van der Waals surface area contributed by atoms with Crippen LogP contribution in [0.15, 0.2) is 23.4 Å². The van der Waals surface area contributed by atoms with Gasteiger partial charge in [-0.1, -0.05) is 41.3 Å². The summed E-state index contributed by atoms with van der Waals surface area (Å²) in [4.78, 5) is 2.02. The van der Waals surface area contributed by atoms with E-state index in [9.17, 15) is 0 Å². The lowest BCUT2D eigenvalue weighted by molar-refractivity contribution is 0.290. The monoisotopic (exact) mass is 289 g/mol. The van der Waals surface area contributed by atoms with E-state index in [4.69, 9.17) is 34.1 Å². The molecule has 1 atom stereocenters. The normalized spacial score (nSPS) is 13.9. The van der Waals surface area contributed by atoms with E-state index in [-0.39, 0.29) is 11.8 Å². The van der Waals surface area contributed by atoms with Crippen LogP contribution < -0.4 is 5.73 Å². The molecule has 4 nitrogen and oxygen atoms in total. The van der Waals surface area contributed by atoms with Crippen LogP contribution in [0.4, 0.5) is 0 Å². The second-order valence-corrected chi connectivity index (χ2v) is 5.14. The Morgan fingerprint density at radius 3 is 2.50 bits per heavy atom. The lowest BCUT2D eigenvalue weighted by Gasteiger charge is -2.21. The molecule has 0 spiro atoms. The lowest BCUT2D eigenvalue weighted by Crippen LogP contribution is -2.32. The van der Waals surface area contributed by atoms with E-state index in [0.29, 0.717) is 23.1 Å². The molecular weight excluding hydrogens is 273 g/mol. The Labute approximate surface area is 117 Å². The van der Waals surface area contributed by atoms with Gasteiger partial charge in [0, 0.05) is 34.6 Å². The van der Waals surface area contributed by atoms with Crippen molar-refractivity contribution >= 4 is 29.0 Å². The van der Waals surface area contributed by atoms with Gasteiger partial charge in [0.25, 0.3) is 0 Å². The van der Waals surface area contributed by atoms with Crippen molar-refractivity contribution in [3.63, 3.8) is 0 Å². The predicted octanol–water partition coefficient (Wildman–Crippen LogP) is 2.81. The number of oxime groups is 1. The molecule has 1 unspecified atom stereocenters. The van der Waals surface area contributed by atoms with Gasteiger partial charge in [-0.2, -0.15) is 0 Å². The van der Waals surface area contributed by atoms with Crippen molar-refractivity contribution in [2.75, 3.05) is 13.6 Å². The Kier molecular flexibility index (Phi) is 5.72. The number of nitrogens with zero attached hydrogens (tertiary/aromatic N) is 2. The van der Waals surface area contributed by atoms with E-state index in [1.165, 1.54) is 0 Å². The molecule has 0 bridgehead atoms. The van der Waals surface area contributed by atoms with E-state index in [1.807, 2.05) is 37.1 Å². The summed E-state index contributed by atoms with van der Waals surface area (Å²) in [6.07, 6.45) is 0. The fourth-order valence-corrected chi connectivity index (χ4v) is 2.19. The second kappa shape index (κ2) is 6.83. The third-order valence-corrected chi connectivity index (χ3v) is 3.40. The highest BCUT2D eigenvalue weighted by molar-refractivity contribution is 6.35. The highest BCUT2D eigenvalue weighted by atomic mass is 35.5. The molecule has 6 heteroatoms. The first-order valence-electron chi connectivity index (χ1n) is 5.54. The van der Waals surface area contributed by atoms with Gasteiger partial charge in [0.05, 0.1) is 0 Å². The average molecular weight is 290 g/mol. The minimum atomic E-state index is -0.0405. The van der Waals surface area contributed by atoms with Crippen LogP contribution in [0.5, 0.6) is 0 Å². The molecule has 0 fully saturated rings. The summed E-state index contributed by atoms with van der Waals surface area (Å²) in [6.45, 7) is 3.15. The van der Waals surface area contributed by atoms with Gasteiger partial charge in [0.2, 0.25) is 0 Å². The number of hydrogen-bond donors (Lipinski definition) is 2. The SMILES string of the molecule is CC(CN(C)Cc1c(Cl)cccc1Cl)C(N)=NO. The van der Waals surface area contributed by atoms with Crippen LogP contribution in [-0.2, 0) is 6.54 Å². The van der Waals surface area contributed by atoms with E-state index in [1.54, 1.807) is 0 Å². The maximum absolute atomic E-state index is 8.60. The fraction of sp³-hybridized carbons (Fsp3) is 0.417. The third kappa shape index (κ3) is 4.05. The molecular formula is C12H17Cl2N3O. The smallest absolute Gasteiger partial charge is 0.143 e. The molecule has 1 aromatic carbocycles. The van der Waals surface area contributed by atoms with Crippen LogP contribution in [0, 0.1) is 5.92 Å². The Hall–Kier alpha value is -0.970. The first-order chi connectivity index (χ1) is 8.45. The summed E-state index contributed by atoms with van der Waals surface area (Å²) in [5.41, 5.74) is 6.42. The average Bonchev–Trinajstić information content (AvgIpc) is 2.32. The van der Waals surface area contributed by atoms with Crippen molar-refractivity contribution in [3.05, 3.63) is 33.8 Å². The standard InChI is InChI=1S/C12H17Cl2N3O/c1-8(12(15)16-18)6-17(2)7-9-10(13)4-3-5-11(9)14/h3-5,8,18H,6-7H2,1-2H3,(H2,15,16). The summed E-state index contributed by atoms with van der Waals surface area (Å²) in [5.74, 6) is 0.174. The molecule has 1 rings (SSSR count). The summed E-state index contributed by atoms with van der Waals surface area (Å²) in [5, 5.41) is 12.9. The second-order valence-electron chi connectivity index (χ2n) is 4.32. The van der Waals surface area contributed by atoms with E-state index in [2.05, 4.69) is 5.16 Å². The number of amidine groups is 1. The van der Waals surface area contributed by atoms with Crippen LogP contribution in [0.3, 0.4) is 0 Å². The number of nitrogens with two attached hydrogens (primary N) is 1. The minimum absolute atomic E-state index is 0.0405. The molecule has 1 aromatic rings. The van der Waals surface area contributed by atoms with Crippen LogP contribution >= 0.6 is 23.2 Å². The molecule has 0 heterocycles. The van der Waals surface area contributed by atoms with E-state index >= 15 is 0 Å². The Morgan fingerprint density at radius 1 is 1.44 bits per heavy atom. The molecule has 0 radical (unpaired) electrons. The van der Waals surface area contributed by atoms with Crippen LogP contribution in [-0.4, -0.2) is 29.5 Å². The molecule has 0 saturated heterocycles. The van der Waals surface area contributed by atoms with Crippen molar-refractivity contribution in [2.45, 2.75) is 13.5 Å². The Balaban J connectivity index is 2.68. The van der Waals surface area contributed by atoms with Crippen LogP contribution in [0.2, 0.25) is 10.0 Å². The van der Waals surface area contributed by atoms with Crippen molar-refractivity contribution in [2.24, 2.45) is 16.8 Å². The summed E-state index contributed by atoms with van der Waals surface area (Å²) >= 11 is 12.2. The number of hydrogen-bond acceptors (Lipinski definition) is 3. The Morgan fingerprint density at radius 2 is 2.00 bits per heavy atom. The zero-order chi connectivity index (χ0) is 13.7. The van der Waals surface area contributed by atoms with Gasteiger partial charge in [-0.05, 0) is 19.2 Å². The highest BCUT2D eigenvalue weighted by Gasteiger charge is 2.13. The van der Waals surface area contributed by atoms with Gasteiger partial charge >= 0.3 is 0 Å². The molecule has 0 amide bonds. The minimum Gasteiger partial charge on any atom is -0.409 e. The van der Waals surface area contributed by atoms with E-state index in [0.717, 1.165) is 5.56 Å². The third-order valence-electron chi connectivity index (χ3n) is 2.70. The van der Waals surface area contributed by atoms with Gasteiger partial charge < -0.3 is 15.8 Å². The Bertz CT molecular complexity index is 417. The summed E-state index contributed by atoms with van der Waals surface area (Å²) < 4.78 is 0. The molecule has 0 aliphatic heterocycles. The van der Waals surface area contributed by atoms with Gasteiger partial charge in [0.15, 0.2) is 0 Å². The molecule has 100 valence electrons. The van der Waals surface area contributed by atoms with Crippen LogP contribution in [0.25, 0.3) is 0 Å². The molecule has 0 aromatic heterocycles. The summed E-state index contributed by atoms with van der Waals surface area (Å²) in [6, 6.07) is 5.43.